The molecule has 0 radical (unpaired) electrons. The standard InChI is InChI=1S/C10H20N4OS.HI/c11-9(12)13-7-10(1-6-16-8-10)14-2-4-15-5-3-14;/h1-8H2,(H4,11,12,13);1H. The molecule has 0 aliphatic carbocycles. The number of rotatable bonds is 3. The van der Waals surface area contributed by atoms with Crippen LogP contribution in [-0.2, 0) is 4.74 Å². The Kier molecular flexibility index (Phi) is 6.32. The number of nitrogens with zero attached hydrogens (tertiary/aromatic N) is 2. The number of nitrogens with two attached hydrogens (primary N) is 2. The lowest BCUT2D eigenvalue weighted by Crippen LogP contribution is -2.56. The van der Waals surface area contributed by atoms with Crippen molar-refractivity contribution in [2.24, 2.45) is 16.5 Å². The van der Waals surface area contributed by atoms with E-state index in [4.69, 9.17) is 16.2 Å². The van der Waals surface area contributed by atoms with Crippen molar-refractivity contribution < 1.29 is 4.74 Å². The first-order chi connectivity index (χ1) is 7.73. The number of hydrogen-bond acceptors (Lipinski definition) is 4. The van der Waals surface area contributed by atoms with Gasteiger partial charge in [-0.2, -0.15) is 11.8 Å². The fourth-order valence-electron chi connectivity index (χ4n) is 2.35. The van der Waals surface area contributed by atoms with Crippen molar-refractivity contribution in [2.45, 2.75) is 12.0 Å². The van der Waals surface area contributed by atoms with Crippen LogP contribution in [0.15, 0.2) is 4.99 Å². The molecule has 0 amide bonds. The summed E-state index contributed by atoms with van der Waals surface area (Å²) in [5.74, 6) is 2.53. The van der Waals surface area contributed by atoms with E-state index in [0.717, 1.165) is 38.6 Å². The van der Waals surface area contributed by atoms with E-state index in [1.165, 1.54) is 12.2 Å². The number of aliphatic imine (C=N–C) groups is 1. The Morgan fingerprint density at radius 1 is 1.35 bits per heavy atom. The van der Waals surface area contributed by atoms with Gasteiger partial charge in [0.2, 0.25) is 0 Å². The van der Waals surface area contributed by atoms with Crippen LogP contribution in [0.2, 0.25) is 0 Å². The second-order valence-corrected chi connectivity index (χ2v) is 5.47. The van der Waals surface area contributed by atoms with Crippen LogP contribution < -0.4 is 11.5 Å². The van der Waals surface area contributed by atoms with E-state index in [-0.39, 0.29) is 35.5 Å². The molecular weight excluding hydrogens is 351 g/mol. The molecule has 2 saturated heterocycles. The molecule has 2 fully saturated rings. The maximum atomic E-state index is 5.44. The summed E-state index contributed by atoms with van der Waals surface area (Å²) in [5, 5.41) is 0. The van der Waals surface area contributed by atoms with E-state index in [9.17, 15) is 0 Å². The molecule has 1 atom stereocenters. The van der Waals surface area contributed by atoms with E-state index >= 15 is 0 Å². The first-order valence-electron chi connectivity index (χ1n) is 5.69. The zero-order valence-electron chi connectivity index (χ0n) is 9.93. The molecule has 7 heteroatoms. The van der Waals surface area contributed by atoms with Crippen molar-refractivity contribution in [1.82, 2.24) is 4.90 Å². The summed E-state index contributed by atoms with van der Waals surface area (Å²) >= 11 is 1.99. The van der Waals surface area contributed by atoms with Crippen LogP contribution in [0.1, 0.15) is 6.42 Å². The average molecular weight is 372 g/mol. The Labute approximate surface area is 124 Å². The molecule has 0 spiro atoms. The van der Waals surface area contributed by atoms with Crippen molar-refractivity contribution >= 4 is 41.7 Å². The molecule has 1 unspecified atom stereocenters. The summed E-state index contributed by atoms with van der Waals surface area (Å²) in [7, 11) is 0. The van der Waals surface area contributed by atoms with E-state index in [2.05, 4.69) is 9.89 Å². The zero-order chi connectivity index (χ0) is 11.4. The Balaban J connectivity index is 0.00000144. The minimum atomic E-state index is 0. The van der Waals surface area contributed by atoms with Gasteiger partial charge in [-0.1, -0.05) is 0 Å². The molecule has 4 N–H and O–H groups in total. The Bertz CT molecular complexity index is 261. The molecule has 0 aromatic heterocycles. The number of halogens is 1. The normalized spacial score (nSPS) is 29.6. The summed E-state index contributed by atoms with van der Waals surface area (Å²) in [6.07, 6.45) is 1.18. The van der Waals surface area contributed by atoms with Gasteiger partial charge in [0.05, 0.1) is 25.3 Å². The zero-order valence-corrected chi connectivity index (χ0v) is 13.1. The van der Waals surface area contributed by atoms with Gasteiger partial charge in [0, 0.05) is 18.8 Å². The van der Waals surface area contributed by atoms with Crippen LogP contribution in [0.5, 0.6) is 0 Å². The Hall–Kier alpha value is 0.270. The quantitative estimate of drug-likeness (QED) is 0.417. The topological polar surface area (TPSA) is 76.9 Å². The molecule has 2 aliphatic heterocycles. The van der Waals surface area contributed by atoms with Gasteiger partial charge in [-0.05, 0) is 12.2 Å². The second kappa shape index (κ2) is 7.01. The number of guanidine groups is 1. The largest absolute Gasteiger partial charge is 0.379 e. The van der Waals surface area contributed by atoms with Crippen LogP contribution in [-0.4, -0.2) is 60.8 Å². The van der Waals surface area contributed by atoms with Crippen molar-refractivity contribution in [3.63, 3.8) is 0 Å². The summed E-state index contributed by atoms with van der Waals surface area (Å²) in [4.78, 5) is 6.73. The van der Waals surface area contributed by atoms with Crippen LogP contribution in [0.4, 0.5) is 0 Å². The van der Waals surface area contributed by atoms with Crippen molar-refractivity contribution in [2.75, 3.05) is 44.4 Å². The van der Waals surface area contributed by atoms with Gasteiger partial charge in [-0.25, -0.2) is 0 Å². The Morgan fingerprint density at radius 3 is 2.59 bits per heavy atom. The number of thioether (sulfide) groups is 1. The summed E-state index contributed by atoms with van der Waals surface area (Å²) < 4.78 is 5.40. The van der Waals surface area contributed by atoms with Gasteiger partial charge in [-0.15, -0.1) is 24.0 Å². The number of ether oxygens (including phenoxy) is 1. The van der Waals surface area contributed by atoms with Gasteiger partial charge in [0.15, 0.2) is 5.96 Å². The van der Waals surface area contributed by atoms with E-state index < -0.39 is 0 Å². The Morgan fingerprint density at radius 2 is 2.06 bits per heavy atom. The highest BCUT2D eigenvalue weighted by atomic mass is 127. The lowest BCUT2D eigenvalue weighted by molar-refractivity contribution is -0.0104. The van der Waals surface area contributed by atoms with Crippen molar-refractivity contribution in [3.05, 3.63) is 0 Å². The highest BCUT2D eigenvalue weighted by Crippen LogP contribution is 2.34. The molecule has 2 aliphatic rings. The van der Waals surface area contributed by atoms with Gasteiger partial charge >= 0.3 is 0 Å². The highest BCUT2D eigenvalue weighted by molar-refractivity contribution is 14.0. The van der Waals surface area contributed by atoms with Gasteiger partial charge in [0.25, 0.3) is 0 Å². The third-order valence-electron chi connectivity index (χ3n) is 3.32. The smallest absolute Gasteiger partial charge is 0.185 e. The monoisotopic (exact) mass is 372 g/mol. The van der Waals surface area contributed by atoms with Crippen LogP contribution in [0, 0.1) is 0 Å². The van der Waals surface area contributed by atoms with Crippen molar-refractivity contribution in [3.8, 4) is 0 Å². The predicted molar refractivity (Wildman–Crippen MR) is 83.2 cm³/mol. The van der Waals surface area contributed by atoms with E-state index in [1.54, 1.807) is 0 Å². The SMILES string of the molecule is I.NC(N)=NCC1(N2CCOCC2)CCSC1. The molecule has 0 bridgehead atoms. The first-order valence-corrected chi connectivity index (χ1v) is 6.84. The molecule has 17 heavy (non-hydrogen) atoms. The third-order valence-corrected chi connectivity index (χ3v) is 4.55. The van der Waals surface area contributed by atoms with Crippen LogP contribution in [0.3, 0.4) is 0 Å². The molecule has 2 rings (SSSR count). The second-order valence-electron chi connectivity index (χ2n) is 4.37. The highest BCUT2D eigenvalue weighted by Gasteiger charge is 2.40. The predicted octanol–water partition coefficient (Wildman–Crippen LogP) is 0.0857. The third kappa shape index (κ3) is 3.87. The molecule has 100 valence electrons. The number of morpholine rings is 1. The fraction of sp³-hybridized carbons (Fsp3) is 0.900. The van der Waals surface area contributed by atoms with Gasteiger partial charge in [0.1, 0.15) is 0 Å². The molecule has 5 nitrogen and oxygen atoms in total. The molecular formula is C10H21IN4OS. The van der Waals surface area contributed by atoms with Crippen LogP contribution >= 0.6 is 35.7 Å². The van der Waals surface area contributed by atoms with E-state index in [1.807, 2.05) is 11.8 Å². The molecule has 2 heterocycles. The lowest BCUT2D eigenvalue weighted by Gasteiger charge is -2.42. The summed E-state index contributed by atoms with van der Waals surface area (Å²) in [6, 6.07) is 0. The van der Waals surface area contributed by atoms with Gasteiger partial charge < -0.3 is 16.2 Å². The van der Waals surface area contributed by atoms with Gasteiger partial charge in [-0.3, -0.25) is 9.89 Å². The summed E-state index contributed by atoms with van der Waals surface area (Å²) in [5.41, 5.74) is 11.0. The summed E-state index contributed by atoms with van der Waals surface area (Å²) in [6.45, 7) is 4.38. The van der Waals surface area contributed by atoms with Crippen LogP contribution in [0.25, 0.3) is 0 Å². The molecule has 0 aromatic carbocycles. The average Bonchev–Trinajstić information content (AvgIpc) is 2.78. The van der Waals surface area contributed by atoms with Crippen molar-refractivity contribution in [1.29, 1.82) is 0 Å². The molecule has 0 aromatic rings. The minimum absolute atomic E-state index is 0. The number of hydrogen-bond donors (Lipinski definition) is 2. The van der Waals surface area contributed by atoms with E-state index in [0.29, 0.717) is 0 Å². The maximum absolute atomic E-state index is 5.44. The fourth-order valence-corrected chi connectivity index (χ4v) is 3.81. The maximum Gasteiger partial charge on any atom is 0.185 e. The first kappa shape index (κ1) is 15.3. The lowest BCUT2D eigenvalue weighted by atomic mass is 9.96. The minimum Gasteiger partial charge on any atom is -0.379 e. The molecule has 0 saturated carbocycles.